The summed E-state index contributed by atoms with van der Waals surface area (Å²) < 4.78 is 0. The van der Waals surface area contributed by atoms with Gasteiger partial charge in [-0.25, -0.2) is 10.3 Å². The van der Waals surface area contributed by atoms with Crippen molar-refractivity contribution in [3.63, 3.8) is 0 Å². The standard InChI is InChI=1S/C14H16N2O2/c1-10-12(11-6-4-3-5-7-11)8-9-13(10)16-18-14(17)15-2/h3-7,9,16H,8H2,1-2H3,(H,15,17). The molecule has 94 valence electrons. The summed E-state index contributed by atoms with van der Waals surface area (Å²) in [6, 6.07) is 10.2. The first kappa shape index (κ1) is 12.2. The van der Waals surface area contributed by atoms with E-state index in [1.54, 1.807) is 0 Å². The van der Waals surface area contributed by atoms with Gasteiger partial charge < -0.3 is 10.2 Å². The molecule has 1 aromatic carbocycles. The molecule has 0 saturated heterocycles. The average Bonchev–Trinajstić information content (AvgIpc) is 2.78. The summed E-state index contributed by atoms with van der Waals surface area (Å²) >= 11 is 0. The van der Waals surface area contributed by atoms with Gasteiger partial charge >= 0.3 is 6.09 Å². The first-order chi connectivity index (χ1) is 8.72. The van der Waals surface area contributed by atoms with Crippen LogP contribution < -0.4 is 10.8 Å². The number of hydrogen-bond acceptors (Lipinski definition) is 3. The van der Waals surface area contributed by atoms with E-state index in [2.05, 4.69) is 22.9 Å². The quantitative estimate of drug-likeness (QED) is 0.803. The molecule has 1 aromatic rings. The Balaban J connectivity index is 2.08. The summed E-state index contributed by atoms with van der Waals surface area (Å²) in [6.45, 7) is 2.02. The van der Waals surface area contributed by atoms with Gasteiger partial charge in [-0.05, 0) is 30.1 Å². The molecule has 2 N–H and O–H groups in total. The zero-order valence-electron chi connectivity index (χ0n) is 10.5. The van der Waals surface area contributed by atoms with Crippen molar-refractivity contribution in [3.05, 3.63) is 53.2 Å². The van der Waals surface area contributed by atoms with E-state index < -0.39 is 6.09 Å². The lowest BCUT2D eigenvalue weighted by molar-refractivity contribution is 0.109. The van der Waals surface area contributed by atoms with Gasteiger partial charge in [-0.2, -0.15) is 0 Å². The summed E-state index contributed by atoms with van der Waals surface area (Å²) in [6.07, 6.45) is 2.35. The average molecular weight is 244 g/mol. The molecule has 1 aliphatic rings. The van der Waals surface area contributed by atoms with E-state index in [0.29, 0.717) is 0 Å². The molecule has 4 heteroatoms. The van der Waals surface area contributed by atoms with E-state index >= 15 is 0 Å². The first-order valence-corrected chi connectivity index (χ1v) is 5.82. The van der Waals surface area contributed by atoms with Gasteiger partial charge in [0, 0.05) is 7.05 Å². The van der Waals surface area contributed by atoms with Crippen molar-refractivity contribution in [1.29, 1.82) is 0 Å². The molecule has 0 heterocycles. The maximum absolute atomic E-state index is 11.0. The van der Waals surface area contributed by atoms with E-state index in [1.165, 1.54) is 18.2 Å². The molecule has 0 atom stereocenters. The maximum atomic E-state index is 11.0. The first-order valence-electron chi connectivity index (χ1n) is 5.82. The predicted molar refractivity (Wildman–Crippen MR) is 70.4 cm³/mol. The van der Waals surface area contributed by atoms with E-state index in [9.17, 15) is 4.79 Å². The third-order valence-electron chi connectivity index (χ3n) is 2.95. The highest BCUT2D eigenvalue weighted by Gasteiger charge is 2.16. The molecule has 0 aromatic heterocycles. The van der Waals surface area contributed by atoms with E-state index in [0.717, 1.165) is 17.7 Å². The second kappa shape index (κ2) is 5.40. The Kier molecular flexibility index (Phi) is 3.67. The molecule has 18 heavy (non-hydrogen) atoms. The van der Waals surface area contributed by atoms with Crippen LogP contribution in [0, 0.1) is 0 Å². The van der Waals surface area contributed by atoms with Crippen LogP contribution in [0.15, 0.2) is 47.7 Å². The van der Waals surface area contributed by atoms with Crippen molar-refractivity contribution in [1.82, 2.24) is 10.8 Å². The Bertz CT molecular complexity index is 504. The van der Waals surface area contributed by atoms with Gasteiger partial charge in [0.05, 0.1) is 5.70 Å². The van der Waals surface area contributed by atoms with Crippen molar-refractivity contribution < 1.29 is 9.63 Å². The number of benzene rings is 1. The van der Waals surface area contributed by atoms with Gasteiger partial charge in [-0.1, -0.05) is 36.4 Å². The third-order valence-corrected chi connectivity index (χ3v) is 2.95. The molecule has 4 nitrogen and oxygen atoms in total. The van der Waals surface area contributed by atoms with Crippen LogP contribution in [-0.2, 0) is 4.84 Å². The number of rotatable bonds is 3. The minimum atomic E-state index is -0.503. The molecule has 0 radical (unpaired) electrons. The van der Waals surface area contributed by atoms with Gasteiger partial charge in [0.1, 0.15) is 0 Å². The number of carbonyl (C=O) groups excluding carboxylic acids is 1. The highest BCUT2D eigenvalue weighted by atomic mass is 16.7. The number of hydrogen-bond donors (Lipinski definition) is 2. The number of amides is 1. The summed E-state index contributed by atoms with van der Waals surface area (Å²) in [5.74, 6) is 0. The minimum absolute atomic E-state index is 0.503. The molecular formula is C14H16N2O2. The SMILES string of the molecule is CNC(=O)ONC1=CCC(c2ccccc2)=C1C. The highest BCUT2D eigenvalue weighted by molar-refractivity contribution is 5.76. The molecule has 0 aliphatic heterocycles. The van der Waals surface area contributed by atoms with Gasteiger partial charge in [-0.15, -0.1) is 0 Å². The predicted octanol–water partition coefficient (Wildman–Crippen LogP) is 2.61. The Labute approximate surface area is 106 Å². The summed E-state index contributed by atoms with van der Waals surface area (Å²) in [5, 5.41) is 2.38. The second-order valence-electron chi connectivity index (χ2n) is 4.03. The summed E-state index contributed by atoms with van der Waals surface area (Å²) in [4.78, 5) is 15.8. The monoisotopic (exact) mass is 244 g/mol. The third kappa shape index (κ3) is 2.53. The van der Waals surface area contributed by atoms with Crippen LogP contribution in [-0.4, -0.2) is 13.1 Å². The highest BCUT2D eigenvalue weighted by Crippen LogP contribution is 2.31. The Morgan fingerprint density at radius 2 is 2.00 bits per heavy atom. The number of nitrogens with one attached hydrogen (secondary N) is 2. The molecule has 0 bridgehead atoms. The second-order valence-corrected chi connectivity index (χ2v) is 4.03. The van der Waals surface area contributed by atoms with Crippen LogP contribution in [0.25, 0.3) is 5.57 Å². The van der Waals surface area contributed by atoms with Crippen LogP contribution in [0.5, 0.6) is 0 Å². The van der Waals surface area contributed by atoms with Crippen molar-refractivity contribution in [2.24, 2.45) is 0 Å². The Morgan fingerprint density at radius 3 is 2.67 bits per heavy atom. The van der Waals surface area contributed by atoms with Crippen molar-refractivity contribution in [3.8, 4) is 0 Å². The van der Waals surface area contributed by atoms with Crippen LogP contribution in [0.2, 0.25) is 0 Å². The van der Waals surface area contributed by atoms with Gasteiger partial charge in [0.2, 0.25) is 0 Å². The van der Waals surface area contributed by atoms with Crippen LogP contribution in [0.1, 0.15) is 18.9 Å². The molecule has 0 fully saturated rings. The van der Waals surface area contributed by atoms with E-state index in [4.69, 9.17) is 4.84 Å². The lowest BCUT2D eigenvalue weighted by Crippen LogP contribution is -2.27. The molecular weight excluding hydrogens is 228 g/mol. The van der Waals surface area contributed by atoms with Crippen LogP contribution in [0.4, 0.5) is 4.79 Å². The van der Waals surface area contributed by atoms with Crippen LogP contribution >= 0.6 is 0 Å². The maximum Gasteiger partial charge on any atom is 0.431 e. The molecule has 0 spiro atoms. The fourth-order valence-electron chi connectivity index (χ4n) is 1.92. The van der Waals surface area contributed by atoms with Crippen molar-refractivity contribution >= 4 is 11.7 Å². The van der Waals surface area contributed by atoms with Gasteiger partial charge in [0.15, 0.2) is 0 Å². The number of hydroxylamine groups is 1. The Morgan fingerprint density at radius 1 is 1.28 bits per heavy atom. The van der Waals surface area contributed by atoms with E-state index in [1.807, 2.05) is 31.2 Å². The minimum Gasteiger partial charge on any atom is -0.324 e. The lowest BCUT2D eigenvalue weighted by atomic mass is 10.0. The fourth-order valence-corrected chi connectivity index (χ4v) is 1.92. The molecule has 1 aliphatic carbocycles. The van der Waals surface area contributed by atoms with Crippen LogP contribution in [0.3, 0.4) is 0 Å². The Hall–Kier alpha value is -2.23. The van der Waals surface area contributed by atoms with Gasteiger partial charge in [-0.3, -0.25) is 0 Å². The fraction of sp³-hybridized carbons (Fsp3) is 0.214. The zero-order valence-corrected chi connectivity index (χ0v) is 10.5. The summed E-state index contributed by atoms with van der Waals surface area (Å²) in [5.41, 5.74) is 7.07. The number of allylic oxidation sites excluding steroid dienone is 3. The molecule has 1 amide bonds. The molecule has 2 rings (SSSR count). The van der Waals surface area contributed by atoms with E-state index in [-0.39, 0.29) is 0 Å². The number of carbonyl (C=O) groups is 1. The summed E-state index contributed by atoms with van der Waals surface area (Å²) in [7, 11) is 1.52. The topological polar surface area (TPSA) is 50.4 Å². The molecule has 0 unspecified atom stereocenters. The molecule has 0 saturated carbocycles. The zero-order chi connectivity index (χ0) is 13.0. The smallest absolute Gasteiger partial charge is 0.324 e. The van der Waals surface area contributed by atoms with Crippen molar-refractivity contribution in [2.45, 2.75) is 13.3 Å². The van der Waals surface area contributed by atoms with Crippen molar-refractivity contribution in [2.75, 3.05) is 7.05 Å². The van der Waals surface area contributed by atoms with Gasteiger partial charge in [0.25, 0.3) is 0 Å². The largest absolute Gasteiger partial charge is 0.431 e. The lowest BCUT2D eigenvalue weighted by Gasteiger charge is -2.09. The normalized spacial score (nSPS) is 14.2.